The Morgan fingerprint density at radius 3 is 2.35 bits per heavy atom. The molecule has 0 spiro atoms. The first kappa shape index (κ1) is 16.5. The Bertz CT molecular complexity index is 756. The summed E-state index contributed by atoms with van der Waals surface area (Å²) in [6.07, 6.45) is 2.63. The van der Waals surface area contributed by atoms with Gasteiger partial charge in [0.05, 0.1) is 11.8 Å². The third kappa shape index (κ3) is 4.32. The van der Waals surface area contributed by atoms with E-state index < -0.39 is 17.7 Å². The van der Waals surface area contributed by atoms with Gasteiger partial charge in [0.15, 0.2) is 0 Å². The number of allylic oxidation sites excluding steroid dienone is 2. The largest absolute Gasteiger partial charge is 0.478 e. The summed E-state index contributed by atoms with van der Waals surface area (Å²) in [6, 6.07) is 4.66. The molecule has 0 saturated carbocycles. The van der Waals surface area contributed by atoms with Crippen molar-refractivity contribution in [3.63, 3.8) is 0 Å². The minimum atomic E-state index is -4.40. The number of rotatable bonds is 4. The smallest absolute Gasteiger partial charge is 0.416 e. The van der Waals surface area contributed by atoms with E-state index in [0.717, 1.165) is 18.2 Å². The van der Waals surface area contributed by atoms with Crippen LogP contribution in [0.3, 0.4) is 0 Å². The summed E-state index contributed by atoms with van der Waals surface area (Å²) >= 11 is 0. The number of halogens is 3. The van der Waals surface area contributed by atoms with Crippen molar-refractivity contribution in [3.8, 4) is 0 Å². The molecule has 120 valence electrons. The number of carboxylic acid groups (broad SMARTS) is 1. The van der Waals surface area contributed by atoms with E-state index in [0.29, 0.717) is 16.7 Å². The fourth-order valence-electron chi connectivity index (χ4n) is 1.98. The first-order chi connectivity index (χ1) is 10.8. The molecule has 0 amide bonds. The number of alkyl halides is 3. The Morgan fingerprint density at radius 2 is 1.87 bits per heavy atom. The summed E-state index contributed by atoms with van der Waals surface area (Å²) in [5, 5.41) is 12.7. The highest BCUT2D eigenvalue weighted by Crippen LogP contribution is 2.31. The van der Waals surface area contributed by atoms with Crippen LogP contribution in [0, 0.1) is 0 Å². The molecule has 1 aromatic carbocycles. The van der Waals surface area contributed by atoms with Crippen LogP contribution in [-0.2, 0) is 18.0 Å². The van der Waals surface area contributed by atoms with Crippen molar-refractivity contribution >= 4 is 11.5 Å². The highest BCUT2D eigenvalue weighted by molar-refractivity contribution is 5.83. The van der Waals surface area contributed by atoms with Gasteiger partial charge >= 0.3 is 12.1 Å². The highest BCUT2D eigenvalue weighted by Gasteiger charge is 2.30. The molecule has 2 aromatic rings. The monoisotopic (exact) mass is 322 g/mol. The lowest BCUT2D eigenvalue weighted by Gasteiger charge is -2.09. The van der Waals surface area contributed by atoms with Gasteiger partial charge < -0.3 is 5.11 Å². The number of carbonyl (C=O) groups is 1. The van der Waals surface area contributed by atoms with Crippen LogP contribution in [-0.4, -0.2) is 20.9 Å². The lowest BCUT2D eigenvalue weighted by molar-refractivity contribution is -0.137. The minimum absolute atomic E-state index is 0.529. The van der Waals surface area contributed by atoms with Gasteiger partial charge in [-0.25, -0.2) is 4.79 Å². The third-order valence-electron chi connectivity index (χ3n) is 3.04. The van der Waals surface area contributed by atoms with Gasteiger partial charge in [-0.1, -0.05) is 24.3 Å². The average Bonchev–Trinajstić information content (AvgIpc) is 2.89. The molecule has 0 unspecified atom stereocenters. The molecule has 0 radical (unpaired) electrons. The average molecular weight is 322 g/mol. The predicted octanol–water partition coefficient (Wildman–Crippen LogP) is 3.51. The zero-order valence-corrected chi connectivity index (χ0v) is 12.1. The molecule has 0 atom stereocenters. The zero-order valence-electron chi connectivity index (χ0n) is 12.1. The van der Waals surface area contributed by atoms with E-state index in [1.807, 2.05) is 0 Å². The molecule has 0 bridgehead atoms. The second kappa shape index (κ2) is 6.51. The normalized spacial score (nSPS) is 12.8. The van der Waals surface area contributed by atoms with E-state index >= 15 is 0 Å². The molecule has 0 fully saturated rings. The van der Waals surface area contributed by atoms with E-state index in [2.05, 4.69) is 5.10 Å². The van der Waals surface area contributed by atoms with Crippen molar-refractivity contribution in [1.82, 2.24) is 9.78 Å². The number of aliphatic carboxylic acids is 1. The van der Waals surface area contributed by atoms with Gasteiger partial charge in [-0.3, -0.25) is 4.68 Å². The summed E-state index contributed by atoms with van der Waals surface area (Å²) in [6.45, 7) is 0. The topological polar surface area (TPSA) is 55.1 Å². The van der Waals surface area contributed by atoms with Crippen molar-refractivity contribution in [2.45, 2.75) is 6.18 Å². The van der Waals surface area contributed by atoms with Gasteiger partial charge in [0.25, 0.3) is 0 Å². The summed E-state index contributed by atoms with van der Waals surface area (Å²) in [7, 11) is 1.71. The van der Waals surface area contributed by atoms with Gasteiger partial charge in [0.2, 0.25) is 0 Å². The zero-order chi connectivity index (χ0) is 17.0. The fraction of sp³-hybridized carbons (Fsp3) is 0.125. The fourth-order valence-corrected chi connectivity index (χ4v) is 1.98. The van der Waals surface area contributed by atoms with Crippen molar-refractivity contribution in [3.05, 3.63) is 71.6 Å². The summed E-state index contributed by atoms with van der Waals surface area (Å²) < 4.78 is 39.5. The Balaban J connectivity index is 2.43. The van der Waals surface area contributed by atoms with Gasteiger partial charge in [-0.15, -0.1) is 0 Å². The highest BCUT2D eigenvalue weighted by atomic mass is 19.4. The molecule has 1 heterocycles. The number of benzene rings is 1. The first-order valence-electron chi connectivity index (χ1n) is 6.55. The summed E-state index contributed by atoms with van der Waals surface area (Å²) in [4.78, 5) is 10.6. The SMILES string of the molecule is Cn1cc(/C(=C\C=C\C(=O)O)c2ccc(C(F)(F)F)cc2)cn1. The lowest BCUT2D eigenvalue weighted by atomic mass is 9.99. The van der Waals surface area contributed by atoms with E-state index in [9.17, 15) is 18.0 Å². The maximum Gasteiger partial charge on any atom is 0.416 e. The lowest BCUT2D eigenvalue weighted by Crippen LogP contribution is -2.04. The van der Waals surface area contributed by atoms with Crippen LogP contribution in [0.4, 0.5) is 13.2 Å². The van der Waals surface area contributed by atoms with E-state index in [-0.39, 0.29) is 0 Å². The van der Waals surface area contributed by atoms with Gasteiger partial charge in [0.1, 0.15) is 0 Å². The van der Waals surface area contributed by atoms with Crippen LogP contribution in [0.2, 0.25) is 0 Å². The number of hydrogen-bond donors (Lipinski definition) is 1. The molecule has 0 aliphatic carbocycles. The van der Waals surface area contributed by atoms with Gasteiger partial charge in [-0.05, 0) is 23.3 Å². The molecule has 23 heavy (non-hydrogen) atoms. The number of hydrogen-bond acceptors (Lipinski definition) is 2. The Hall–Kier alpha value is -2.83. The molecule has 2 rings (SSSR count). The van der Waals surface area contributed by atoms with Crippen molar-refractivity contribution in [1.29, 1.82) is 0 Å². The van der Waals surface area contributed by atoms with Crippen molar-refractivity contribution in [2.75, 3.05) is 0 Å². The molecule has 0 aliphatic heterocycles. The Kier molecular flexibility index (Phi) is 4.68. The number of carboxylic acids is 1. The number of aryl methyl sites for hydroxylation is 1. The van der Waals surface area contributed by atoms with Gasteiger partial charge in [-0.2, -0.15) is 18.3 Å². The third-order valence-corrected chi connectivity index (χ3v) is 3.04. The summed E-state index contributed by atoms with van der Waals surface area (Å²) in [5.74, 6) is -1.11. The minimum Gasteiger partial charge on any atom is -0.478 e. The Labute approximate surface area is 130 Å². The molecule has 0 saturated heterocycles. The molecule has 4 nitrogen and oxygen atoms in total. The maximum atomic E-state index is 12.6. The maximum absolute atomic E-state index is 12.6. The van der Waals surface area contributed by atoms with Crippen LogP contribution in [0.5, 0.6) is 0 Å². The molecule has 7 heteroatoms. The summed E-state index contributed by atoms with van der Waals surface area (Å²) in [5.41, 5.74) is 1.03. The van der Waals surface area contributed by atoms with Crippen LogP contribution >= 0.6 is 0 Å². The van der Waals surface area contributed by atoms with Crippen LogP contribution < -0.4 is 0 Å². The second-order valence-electron chi connectivity index (χ2n) is 4.76. The molecular formula is C16H13F3N2O2. The molecule has 1 N–H and O–H groups in total. The van der Waals surface area contributed by atoms with E-state index in [4.69, 9.17) is 5.11 Å². The second-order valence-corrected chi connectivity index (χ2v) is 4.76. The molecule has 0 aliphatic rings. The predicted molar refractivity (Wildman–Crippen MR) is 78.5 cm³/mol. The van der Waals surface area contributed by atoms with Crippen LogP contribution in [0.25, 0.3) is 5.57 Å². The van der Waals surface area contributed by atoms with Crippen LogP contribution in [0.1, 0.15) is 16.7 Å². The van der Waals surface area contributed by atoms with E-state index in [1.54, 1.807) is 24.1 Å². The van der Waals surface area contributed by atoms with Crippen molar-refractivity contribution in [2.24, 2.45) is 7.05 Å². The first-order valence-corrected chi connectivity index (χ1v) is 6.55. The standard InChI is InChI=1S/C16H13F3N2O2/c1-21-10-12(9-20-21)14(3-2-4-15(22)23)11-5-7-13(8-6-11)16(17,18)19/h2-10H,1H3,(H,22,23)/b4-2+,14-3-. The van der Waals surface area contributed by atoms with E-state index in [1.165, 1.54) is 24.3 Å². The van der Waals surface area contributed by atoms with Crippen LogP contribution in [0.15, 0.2) is 54.9 Å². The van der Waals surface area contributed by atoms with Crippen molar-refractivity contribution < 1.29 is 23.1 Å². The Morgan fingerprint density at radius 1 is 1.22 bits per heavy atom. The quantitative estimate of drug-likeness (QED) is 0.692. The van der Waals surface area contributed by atoms with Gasteiger partial charge in [0, 0.05) is 24.9 Å². The molecule has 1 aromatic heterocycles. The number of aromatic nitrogens is 2. The molecular weight excluding hydrogens is 309 g/mol. The number of nitrogens with zero attached hydrogens (tertiary/aromatic N) is 2.